The summed E-state index contributed by atoms with van der Waals surface area (Å²) >= 11 is 1.50. The fourth-order valence-electron chi connectivity index (χ4n) is 4.01. The summed E-state index contributed by atoms with van der Waals surface area (Å²) in [5.74, 6) is 0.547. The van der Waals surface area contributed by atoms with Crippen LogP contribution in [0.15, 0.2) is 66.1 Å². The van der Waals surface area contributed by atoms with Crippen molar-refractivity contribution in [1.82, 2.24) is 19.4 Å². The molecule has 0 atom stereocenters. The maximum atomic E-state index is 12.9. The highest BCUT2D eigenvalue weighted by atomic mass is 32.2. The second kappa shape index (κ2) is 7.44. The SMILES string of the molecule is Cc1ccccc1-n1ccnc1SCC(=O)N1CCc2[nH]c3ccccc3c2C1. The number of H-pyrrole nitrogens is 1. The van der Waals surface area contributed by atoms with Gasteiger partial charge in [-0.25, -0.2) is 4.98 Å². The monoisotopic (exact) mass is 402 g/mol. The molecule has 4 aromatic rings. The third kappa shape index (κ3) is 3.34. The highest BCUT2D eigenvalue weighted by Gasteiger charge is 2.24. The molecule has 2 aromatic carbocycles. The number of rotatable bonds is 4. The van der Waals surface area contributed by atoms with Crippen molar-refractivity contribution < 1.29 is 4.79 Å². The Balaban J connectivity index is 1.30. The van der Waals surface area contributed by atoms with Crippen LogP contribution in [0.4, 0.5) is 0 Å². The molecule has 5 nitrogen and oxygen atoms in total. The summed E-state index contributed by atoms with van der Waals surface area (Å²) < 4.78 is 2.06. The minimum Gasteiger partial charge on any atom is -0.358 e. The number of benzene rings is 2. The lowest BCUT2D eigenvalue weighted by Crippen LogP contribution is -2.36. The fourth-order valence-corrected chi connectivity index (χ4v) is 4.88. The second-order valence-electron chi connectivity index (χ2n) is 7.35. The van der Waals surface area contributed by atoms with Gasteiger partial charge < -0.3 is 9.88 Å². The minimum absolute atomic E-state index is 0.158. The third-order valence-electron chi connectivity index (χ3n) is 5.54. The molecule has 2 aromatic heterocycles. The molecule has 1 N–H and O–H groups in total. The first-order valence-corrected chi connectivity index (χ1v) is 10.8. The summed E-state index contributed by atoms with van der Waals surface area (Å²) in [5, 5.41) is 2.07. The molecule has 0 fully saturated rings. The van der Waals surface area contributed by atoms with E-state index in [4.69, 9.17) is 0 Å². The molecule has 3 heterocycles. The summed E-state index contributed by atoms with van der Waals surface area (Å²) in [6.07, 6.45) is 4.62. The standard InChI is InChI=1S/C23H22N4OS/c1-16-6-2-5-9-21(16)27-13-11-24-23(27)29-15-22(28)26-12-10-20-18(14-26)17-7-3-4-8-19(17)25-20/h2-9,11,13,25H,10,12,14-15H2,1H3. The van der Waals surface area contributed by atoms with Crippen molar-refractivity contribution in [3.63, 3.8) is 0 Å². The molecule has 29 heavy (non-hydrogen) atoms. The highest BCUT2D eigenvalue weighted by molar-refractivity contribution is 7.99. The van der Waals surface area contributed by atoms with E-state index in [1.165, 1.54) is 34.0 Å². The van der Waals surface area contributed by atoms with E-state index >= 15 is 0 Å². The van der Waals surface area contributed by atoms with Crippen LogP contribution in [0, 0.1) is 6.92 Å². The van der Waals surface area contributed by atoms with Gasteiger partial charge in [-0.1, -0.05) is 48.2 Å². The van der Waals surface area contributed by atoms with Crippen LogP contribution in [0.5, 0.6) is 0 Å². The minimum atomic E-state index is 0.158. The van der Waals surface area contributed by atoms with Gasteiger partial charge >= 0.3 is 0 Å². The van der Waals surface area contributed by atoms with Gasteiger partial charge in [0.2, 0.25) is 5.91 Å². The van der Waals surface area contributed by atoms with Crippen LogP contribution in [0.1, 0.15) is 16.8 Å². The van der Waals surface area contributed by atoms with Gasteiger partial charge in [-0.15, -0.1) is 0 Å². The molecule has 5 rings (SSSR count). The maximum Gasteiger partial charge on any atom is 0.233 e. The first-order valence-electron chi connectivity index (χ1n) is 9.79. The van der Waals surface area contributed by atoms with E-state index < -0.39 is 0 Å². The van der Waals surface area contributed by atoms with Crippen molar-refractivity contribution in [2.24, 2.45) is 0 Å². The molecule has 0 radical (unpaired) electrons. The third-order valence-corrected chi connectivity index (χ3v) is 6.49. The van der Waals surface area contributed by atoms with Crippen molar-refractivity contribution >= 4 is 28.6 Å². The fraction of sp³-hybridized carbons (Fsp3) is 0.217. The zero-order valence-corrected chi connectivity index (χ0v) is 17.1. The Labute approximate surface area is 173 Å². The molecule has 1 aliphatic heterocycles. The smallest absolute Gasteiger partial charge is 0.233 e. The molecule has 0 aliphatic carbocycles. The number of hydrogen-bond donors (Lipinski definition) is 1. The molecule has 0 saturated carbocycles. The number of aromatic nitrogens is 3. The zero-order valence-electron chi connectivity index (χ0n) is 16.3. The number of nitrogens with zero attached hydrogens (tertiary/aromatic N) is 3. The van der Waals surface area contributed by atoms with Crippen LogP contribution in [0.2, 0.25) is 0 Å². The highest BCUT2D eigenvalue weighted by Crippen LogP contribution is 2.28. The lowest BCUT2D eigenvalue weighted by atomic mass is 10.0. The first kappa shape index (κ1) is 18.1. The van der Waals surface area contributed by atoms with Crippen molar-refractivity contribution in [3.8, 4) is 5.69 Å². The Morgan fingerprint density at radius 3 is 2.90 bits per heavy atom. The zero-order chi connectivity index (χ0) is 19.8. The van der Waals surface area contributed by atoms with Gasteiger partial charge in [-0.2, -0.15) is 0 Å². The van der Waals surface area contributed by atoms with E-state index in [9.17, 15) is 4.79 Å². The average Bonchev–Trinajstić information content (AvgIpc) is 3.36. The van der Waals surface area contributed by atoms with Gasteiger partial charge in [-0.05, 0) is 24.6 Å². The second-order valence-corrected chi connectivity index (χ2v) is 8.29. The lowest BCUT2D eigenvalue weighted by Gasteiger charge is -2.27. The molecule has 146 valence electrons. The molecule has 6 heteroatoms. The van der Waals surface area contributed by atoms with Gasteiger partial charge in [0, 0.05) is 54.1 Å². The number of fused-ring (bicyclic) bond motifs is 3. The molecule has 1 amide bonds. The number of hydrogen-bond acceptors (Lipinski definition) is 3. The number of thioether (sulfide) groups is 1. The summed E-state index contributed by atoms with van der Waals surface area (Å²) in [7, 11) is 0. The molecule has 0 unspecified atom stereocenters. The molecular weight excluding hydrogens is 380 g/mol. The molecular formula is C23H22N4OS. The number of carbonyl (C=O) groups is 1. The number of aryl methyl sites for hydroxylation is 1. The van der Waals surface area contributed by atoms with E-state index in [0.717, 1.165) is 29.3 Å². The van der Waals surface area contributed by atoms with E-state index in [-0.39, 0.29) is 5.91 Å². The van der Waals surface area contributed by atoms with Crippen LogP contribution in [-0.2, 0) is 17.8 Å². The van der Waals surface area contributed by atoms with Crippen LogP contribution in [0.3, 0.4) is 0 Å². The quantitative estimate of drug-likeness (QED) is 0.517. The summed E-state index contributed by atoms with van der Waals surface area (Å²) in [6, 6.07) is 16.5. The Morgan fingerprint density at radius 2 is 2.00 bits per heavy atom. The topological polar surface area (TPSA) is 53.9 Å². The van der Waals surface area contributed by atoms with Crippen LogP contribution in [0.25, 0.3) is 16.6 Å². The summed E-state index contributed by atoms with van der Waals surface area (Å²) in [4.78, 5) is 22.9. The Bertz CT molecular complexity index is 1190. The predicted molar refractivity (Wildman–Crippen MR) is 116 cm³/mol. The molecule has 0 spiro atoms. The molecule has 0 saturated heterocycles. The van der Waals surface area contributed by atoms with Gasteiger partial charge in [-0.3, -0.25) is 9.36 Å². The van der Waals surface area contributed by atoms with Crippen molar-refractivity contribution in [1.29, 1.82) is 0 Å². The Hall–Kier alpha value is -2.99. The van der Waals surface area contributed by atoms with E-state index in [1.807, 2.05) is 29.3 Å². The number of para-hydroxylation sites is 2. The number of carbonyl (C=O) groups excluding carboxylic acids is 1. The summed E-state index contributed by atoms with van der Waals surface area (Å²) in [6.45, 7) is 3.51. The van der Waals surface area contributed by atoms with Crippen LogP contribution < -0.4 is 0 Å². The van der Waals surface area contributed by atoms with Gasteiger partial charge in [0.15, 0.2) is 5.16 Å². The average molecular weight is 403 g/mol. The summed E-state index contributed by atoms with van der Waals surface area (Å²) in [5.41, 5.74) is 5.95. The van der Waals surface area contributed by atoms with E-state index in [0.29, 0.717) is 12.3 Å². The van der Waals surface area contributed by atoms with Crippen molar-refractivity contribution in [2.45, 2.75) is 25.0 Å². The molecule has 0 bridgehead atoms. The largest absolute Gasteiger partial charge is 0.358 e. The number of imidazole rings is 1. The number of amides is 1. The number of aromatic amines is 1. The van der Waals surface area contributed by atoms with E-state index in [2.05, 4.69) is 51.8 Å². The predicted octanol–water partition coefficient (Wildman–Crippen LogP) is 4.34. The van der Waals surface area contributed by atoms with Gasteiger partial charge in [0.05, 0.1) is 11.4 Å². The van der Waals surface area contributed by atoms with Crippen molar-refractivity contribution in [3.05, 3.63) is 77.7 Å². The van der Waals surface area contributed by atoms with Crippen LogP contribution in [-0.4, -0.2) is 37.6 Å². The van der Waals surface area contributed by atoms with Crippen LogP contribution >= 0.6 is 11.8 Å². The Morgan fingerprint density at radius 1 is 1.17 bits per heavy atom. The maximum absolute atomic E-state index is 12.9. The number of nitrogens with one attached hydrogen (secondary N) is 1. The molecule has 1 aliphatic rings. The van der Waals surface area contributed by atoms with E-state index in [1.54, 1.807) is 6.20 Å². The first-order chi connectivity index (χ1) is 14.2. The Kier molecular flexibility index (Phi) is 4.64. The lowest BCUT2D eigenvalue weighted by molar-refractivity contribution is -0.129. The van der Waals surface area contributed by atoms with Gasteiger partial charge in [0.1, 0.15) is 0 Å². The normalized spacial score (nSPS) is 13.6. The van der Waals surface area contributed by atoms with Crippen molar-refractivity contribution in [2.75, 3.05) is 12.3 Å². The van der Waals surface area contributed by atoms with Gasteiger partial charge in [0.25, 0.3) is 0 Å².